The molecule has 0 aromatic heterocycles. The Bertz CT molecular complexity index is 508. The summed E-state index contributed by atoms with van der Waals surface area (Å²) in [5, 5.41) is 17.2. The maximum Gasteiger partial charge on any atom is 0.270 e. The highest BCUT2D eigenvalue weighted by molar-refractivity contribution is 7.99. The van der Waals surface area contributed by atoms with Crippen molar-refractivity contribution in [2.75, 3.05) is 24.7 Å². The number of carbonyl (C=O) groups excluding carboxylic acids is 1. The Balaban J connectivity index is 2.84. The van der Waals surface area contributed by atoms with Crippen LogP contribution in [0.3, 0.4) is 0 Å². The van der Waals surface area contributed by atoms with Crippen LogP contribution < -0.4 is 10.6 Å². The van der Waals surface area contributed by atoms with Crippen molar-refractivity contribution in [3.63, 3.8) is 0 Å². The number of hydrogen-bond acceptors (Lipinski definition) is 5. The molecule has 6 nitrogen and oxygen atoms in total. The lowest BCUT2D eigenvalue weighted by Crippen LogP contribution is -2.27. The van der Waals surface area contributed by atoms with E-state index in [2.05, 4.69) is 17.6 Å². The predicted octanol–water partition coefficient (Wildman–Crippen LogP) is 2.90. The summed E-state index contributed by atoms with van der Waals surface area (Å²) in [6.45, 7) is 5.19. The molecule has 1 aromatic rings. The van der Waals surface area contributed by atoms with Gasteiger partial charge in [0.1, 0.15) is 0 Å². The molecule has 0 aliphatic carbocycles. The lowest BCUT2D eigenvalue weighted by Gasteiger charge is -2.12. The summed E-state index contributed by atoms with van der Waals surface area (Å²) in [6.07, 6.45) is 2.88. The minimum Gasteiger partial charge on any atom is -0.385 e. The molecule has 0 spiro atoms. The zero-order valence-electron chi connectivity index (χ0n) is 12.5. The molecule has 0 heterocycles. The van der Waals surface area contributed by atoms with Crippen LogP contribution in [0.4, 0.5) is 11.4 Å². The Kier molecular flexibility index (Phi) is 7.01. The van der Waals surface area contributed by atoms with Crippen molar-refractivity contribution >= 4 is 29.0 Å². The van der Waals surface area contributed by atoms with E-state index in [0.717, 1.165) is 6.42 Å². The minimum absolute atomic E-state index is 0.0840. The zero-order chi connectivity index (χ0) is 15.8. The summed E-state index contributed by atoms with van der Waals surface area (Å²) in [4.78, 5) is 22.5. The number of nitrogens with zero attached hydrogens (tertiary/aromatic N) is 1. The molecule has 0 aliphatic rings. The van der Waals surface area contributed by atoms with Gasteiger partial charge in [-0.3, -0.25) is 14.9 Å². The van der Waals surface area contributed by atoms with E-state index in [9.17, 15) is 14.9 Å². The minimum atomic E-state index is -0.498. The van der Waals surface area contributed by atoms with Gasteiger partial charge in [0.15, 0.2) is 0 Å². The van der Waals surface area contributed by atoms with Crippen molar-refractivity contribution in [3.05, 3.63) is 33.9 Å². The number of benzene rings is 1. The first-order chi connectivity index (χ1) is 9.99. The summed E-state index contributed by atoms with van der Waals surface area (Å²) < 4.78 is 0. The third-order valence-electron chi connectivity index (χ3n) is 3.06. The van der Waals surface area contributed by atoms with E-state index in [1.165, 1.54) is 12.1 Å². The molecule has 7 heteroatoms. The van der Waals surface area contributed by atoms with Crippen molar-refractivity contribution in [1.82, 2.24) is 5.32 Å². The van der Waals surface area contributed by atoms with Gasteiger partial charge in [-0.1, -0.05) is 6.92 Å². The molecule has 21 heavy (non-hydrogen) atoms. The fraction of sp³-hybridized carbons (Fsp3) is 0.500. The number of carbonyl (C=O) groups is 1. The van der Waals surface area contributed by atoms with Gasteiger partial charge >= 0.3 is 0 Å². The second-order valence-electron chi connectivity index (χ2n) is 4.61. The van der Waals surface area contributed by atoms with Gasteiger partial charge in [-0.25, -0.2) is 0 Å². The van der Waals surface area contributed by atoms with Gasteiger partial charge in [0.25, 0.3) is 11.6 Å². The molecule has 0 fully saturated rings. The van der Waals surface area contributed by atoms with E-state index < -0.39 is 4.92 Å². The molecule has 1 atom stereocenters. The number of nitro benzene ring substituents is 1. The maximum atomic E-state index is 12.2. The molecule has 1 rings (SSSR count). The lowest BCUT2D eigenvalue weighted by molar-refractivity contribution is -0.384. The van der Waals surface area contributed by atoms with Gasteiger partial charge in [0.05, 0.1) is 10.5 Å². The Morgan fingerprint density at radius 3 is 2.76 bits per heavy atom. The third-order valence-corrected chi connectivity index (χ3v) is 4.11. The number of anilines is 1. The van der Waals surface area contributed by atoms with Crippen molar-refractivity contribution in [3.8, 4) is 0 Å². The molecule has 2 N–H and O–H groups in total. The second-order valence-corrected chi connectivity index (χ2v) is 5.88. The summed E-state index contributed by atoms with van der Waals surface area (Å²) in [7, 11) is 0. The Morgan fingerprint density at radius 2 is 2.19 bits per heavy atom. The molecule has 0 bridgehead atoms. The van der Waals surface area contributed by atoms with Crippen LogP contribution in [0.1, 0.15) is 30.6 Å². The first kappa shape index (κ1) is 17.3. The smallest absolute Gasteiger partial charge is 0.270 e. The van der Waals surface area contributed by atoms with E-state index in [4.69, 9.17) is 0 Å². The van der Waals surface area contributed by atoms with Crippen LogP contribution in [0.2, 0.25) is 0 Å². The quantitative estimate of drug-likeness (QED) is 0.569. The number of thioether (sulfide) groups is 1. The molecule has 116 valence electrons. The van der Waals surface area contributed by atoms with E-state index in [1.54, 1.807) is 17.8 Å². The Labute approximate surface area is 128 Å². The summed E-state index contributed by atoms with van der Waals surface area (Å²) in [6, 6.07) is 4.27. The fourth-order valence-electron chi connectivity index (χ4n) is 1.78. The van der Waals surface area contributed by atoms with Crippen LogP contribution in [0.5, 0.6) is 0 Å². The topological polar surface area (TPSA) is 84.3 Å². The molecule has 0 saturated carbocycles. The SMILES string of the molecule is CCNc1ccc([N+](=O)[O-])cc1C(=O)NCCC(C)SC. The lowest BCUT2D eigenvalue weighted by atomic mass is 10.1. The monoisotopic (exact) mass is 311 g/mol. The molecule has 0 aliphatic heterocycles. The fourth-order valence-corrected chi connectivity index (χ4v) is 2.13. The van der Waals surface area contributed by atoms with E-state index in [0.29, 0.717) is 29.6 Å². The highest BCUT2D eigenvalue weighted by Crippen LogP contribution is 2.22. The maximum absolute atomic E-state index is 12.2. The molecule has 0 saturated heterocycles. The van der Waals surface area contributed by atoms with Crippen LogP contribution in [0, 0.1) is 10.1 Å². The number of nitro groups is 1. The number of amides is 1. The second kappa shape index (κ2) is 8.51. The third kappa shape index (κ3) is 5.26. The largest absolute Gasteiger partial charge is 0.385 e. The van der Waals surface area contributed by atoms with E-state index in [1.807, 2.05) is 13.2 Å². The van der Waals surface area contributed by atoms with Crippen LogP contribution in [-0.4, -0.2) is 35.4 Å². The number of hydrogen-bond donors (Lipinski definition) is 2. The van der Waals surface area contributed by atoms with Gasteiger partial charge in [-0.05, 0) is 25.7 Å². The van der Waals surface area contributed by atoms with Crippen molar-refractivity contribution in [1.29, 1.82) is 0 Å². The average Bonchev–Trinajstić information content (AvgIpc) is 2.47. The normalized spacial score (nSPS) is 11.8. The molecular weight excluding hydrogens is 290 g/mol. The summed E-state index contributed by atoms with van der Waals surface area (Å²) >= 11 is 1.74. The first-order valence-corrected chi connectivity index (χ1v) is 8.11. The molecular formula is C14H21N3O3S. The van der Waals surface area contributed by atoms with E-state index in [-0.39, 0.29) is 11.6 Å². The van der Waals surface area contributed by atoms with Gasteiger partial charge in [-0.15, -0.1) is 0 Å². The van der Waals surface area contributed by atoms with Crippen molar-refractivity contribution < 1.29 is 9.72 Å². The van der Waals surface area contributed by atoms with E-state index >= 15 is 0 Å². The first-order valence-electron chi connectivity index (χ1n) is 6.82. The van der Waals surface area contributed by atoms with Gasteiger partial charge in [0.2, 0.25) is 0 Å². The zero-order valence-corrected chi connectivity index (χ0v) is 13.3. The highest BCUT2D eigenvalue weighted by atomic mass is 32.2. The van der Waals surface area contributed by atoms with Crippen LogP contribution >= 0.6 is 11.8 Å². The van der Waals surface area contributed by atoms with Crippen LogP contribution in [0.15, 0.2) is 18.2 Å². The van der Waals surface area contributed by atoms with Crippen LogP contribution in [-0.2, 0) is 0 Å². The molecule has 1 amide bonds. The molecule has 1 aromatic carbocycles. The standard InChI is InChI=1S/C14H21N3O3S/c1-4-15-13-6-5-11(17(19)20)9-12(13)14(18)16-8-7-10(2)21-3/h5-6,9-10,15H,4,7-8H2,1-3H3,(H,16,18). The van der Waals surface area contributed by atoms with Gasteiger partial charge in [-0.2, -0.15) is 11.8 Å². The number of rotatable bonds is 8. The number of nitrogens with one attached hydrogen (secondary N) is 2. The number of non-ortho nitro benzene ring substituents is 1. The highest BCUT2D eigenvalue weighted by Gasteiger charge is 2.16. The Morgan fingerprint density at radius 1 is 1.48 bits per heavy atom. The predicted molar refractivity (Wildman–Crippen MR) is 87.2 cm³/mol. The molecule has 1 unspecified atom stereocenters. The van der Waals surface area contributed by atoms with Crippen LogP contribution in [0.25, 0.3) is 0 Å². The summed E-state index contributed by atoms with van der Waals surface area (Å²) in [5.41, 5.74) is 0.834. The summed E-state index contributed by atoms with van der Waals surface area (Å²) in [5.74, 6) is -0.289. The van der Waals surface area contributed by atoms with Gasteiger partial charge in [0, 0.05) is 36.2 Å². The Hall–Kier alpha value is -1.76. The average molecular weight is 311 g/mol. The van der Waals surface area contributed by atoms with Crippen molar-refractivity contribution in [2.24, 2.45) is 0 Å². The molecule has 0 radical (unpaired) electrons. The van der Waals surface area contributed by atoms with Crippen molar-refractivity contribution in [2.45, 2.75) is 25.5 Å². The van der Waals surface area contributed by atoms with Gasteiger partial charge < -0.3 is 10.6 Å².